The van der Waals surface area contributed by atoms with Crippen LogP contribution in [0, 0.1) is 0 Å². The quantitative estimate of drug-likeness (QED) is 0.812. The standard InChI is InChI=1S/C12H21N3OS/c1-5-10(7-17-4)15-11-6-12(14-8-13-11)16-9(2)3/h6,8-10H,5,7H2,1-4H3,(H,13,14,15). The van der Waals surface area contributed by atoms with Crippen molar-refractivity contribution in [3.8, 4) is 5.88 Å². The predicted molar refractivity (Wildman–Crippen MR) is 73.9 cm³/mol. The lowest BCUT2D eigenvalue weighted by Crippen LogP contribution is -2.21. The van der Waals surface area contributed by atoms with Gasteiger partial charge in [-0.15, -0.1) is 0 Å². The second-order valence-electron chi connectivity index (χ2n) is 4.11. The van der Waals surface area contributed by atoms with E-state index in [0.717, 1.165) is 18.0 Å². The highest BCUT2D eigenvalue weighted by Crippen LogP contribution is 2.15. The van der Waals surface area contributed by atoms with Crippen LogP contribution in [0.15, 0.2) is 12.4 Å². The first kappa shape index (κ1) is 14.1. The first-order valence-electron chi connectivity index (χ1n) is 5.89. The Morgan fingerprint density at radius 3 is 2.76 bits per heavy atom. The van der Waals surface area contributed by atoms with E-state index in [9.17, 15) is 0 Å². The van der Waals surface area contributed by atoms with E-state index in [1.165, 1.54) is 6.33 Å². The molecule has 1 N–H and O–H groups in total. The number of anilines is 1. The first-order valence-corrected chi connectivity index (χ1v) is 7.29. The summed E-state index contributed by atoms with van der Waals surface area (Å²) in [7, 11) is 0. The molecule has 0 spiro atoms. The molecule has 0 radical (unpaired) electrons. The molecule has 1 unspecified atom stereocenters. The Labute approximate surface area is 108 Å². The van der Waals surface area contributed by atoms with Gasteiger partial charge in [0.05, 0.1) is 6.10 Å². The molecule has 1 rings (SSSR count). The lowest BCUT2D eigenvalue weighted by Gasteiger charge is -2.16. The van der Waals surface area contributed by atoms with Gasteiger partial charge in [-0.1, -0.05) is 6.92 Å². The molecule has 1 heterocycles. The van der Waals surface area contributed by atoms with E-state index in [1.807, 2.05) is 31.7 Å². The maximum Gasteiger partial charge on any atom is 0.218 e. The van der Waals surface area contributed by atoms with Crippen molar-refractivity contribution in [2.24, 2.45) is 0 Å². The van der Waals surface area contributed by atoms with Crippen molar-refractivity contribution in [2.45, 2.75) is 39.3 Å². The van der Waals surface area contributed by atoms with Crippen molar-refractivity contribution in [1.29, 1.82) is 0 Å². The maximum atomic E-state index is 5.53. The third kappa shape index (κ3) is 5.26. The van der Waals surface area contributed by atoms with Gasteiger partial charge in [-0.2, -0.15) is 11.8 Å². The number of hydrogen-bond acceptors (Lipinski definition) is 5. The Kier molecular flexibility index (Phi) is 6.11. The van der Waals surface area contributed by atoms with Crippen molar-refractivity contribution in [1.82, 2.24) is 9.97 Å². The molecule has 0 aliphatic heterocycles. The van der Waals surface area contributed by atoms with Gasteiger partial charge in [0.15, 0.2) is 0 Å². The summed E-state index contributed by atoms with van der Waals surface area (Å²) in [5, 5.41) is 3.39. The molecular weight excluding hydrogens is 234 g/mol. The maximum absolute atomic E-state index is 5.53. The molecule has 0 saturated carbocycles. The largest absolute Gasteiger partial charge is 0.475 e. The topological polar surface area (TPSA) is 47.0 Å². The molecule has 5 heteroatoms. The number of thioether (sulfide) groups is 1. The zero-order valence-corrected chi connectivity index (χ0v) is 11.8. The summed E-state index contributed by atoms with van der Waals surface area (Å²) in [4.78, 5) is 8.29. The minimum atomic E-state index is 0.130. The summed E-state index contributed by atoms with van der Waals surface area (Å²) in [5.74, 6) is 2.52. The van der Waals surface area contributed by atoms with Crippen LogP contribution in [0.3, 0.4) is 0 Å². The molecule has 0 amide bonds. The van der Waals surface area contributed by atoms with Crippen LogP contribution in [-0.2, 0) is 0 Å². The van der Waals surface area contributed by atoms with Crippen molar-refractivity contribution in [3.63, 3.8) is 0 Å². The molecule has 4 nitrogen and oxygen atoms in total. The van der Waals surface area contributed by atoms with Gasteiger partial charge in [-0.05, 0) is 26.5 Å². The van der Waals surface area contributed by atoms with Crippen LogP contribution in [0.2, 0.25) is 0 Å². The van der Waals surface area contributed by atoms with Gasteiger partial charge in [0.2, 0.25) is 5.88 Å². The number of nitrogens with one attached hydrogen (secondary N) is 1. The number of nitrogens with zero attached hydrogens (tertiary/aromatic N) is 2. The third-order valence-electron chi connectivity index (χ3n) is 2.21. The summed E-state index contributed by atoms with van der Waals surface area (Å²) in [6.45, 7) is 6.14. The van der Waals surface area contributed by atoms with Gasteiger partial charge in [0.1, 0.15) is 12.1 Å². The molecule has 0 bridgehead atoms. The smallest absolute Gasteiger partial charge is 0.218 e. The minimum Gasteiger partial charge on any atom is -0.475 e. The van der Waals surface area contributed by atoms with Gasteiger partial charge >= 0.3 is 0 Å². The summed E-state index contributed by atoms with van der Waals surface area (Å²) in [6.07, 6.45) is 4.85. The van der Waals surface area contributed by atoms with Gasteiger partial charge < -0.3 is 10.1 Å². The van der Waals surface area contributed by atoms with Crippen LogP contribution in [0.5, 0.6) is 5.88 Å². The lowest BCUT2D eigenvalue weighted by molar-refractivity contribution is 0.232. The Balaban J connectivity index is 2.63. The van der Waals surface area contributed by atoms with Gasteiger partial charge in [-0.3, -0.25) is 0 Å². The van der Waals surface area contributed by atoms with Crippen molar-refractivity contribution in [2.75, 3.05) is 17.3 Å². The van der Waals surface area contributed by atoms with E-state index in [-0.39, 0.29) is 6.10 Å². The Morgan fingerprint density at radius 2 is 2.18 bits per heavy atom. The Hall–Kier alpha value is -0.970. The van der Waals surface area contributed by atoms with E-state index in [1.54, 1.807) is 0 Å². The molecule has 0 aliphatic carbocycles. The van der Waals surface area contributed by atoms with Gasteiger partial charge in [-0.25, -0.2) is 9.97 Å². The average molecular weight is 255 g/mol. The highest BCUT2D eigenvalue weighted by atomic mass is 32.2. The highest BCUT2D eigenvalue weighted by molar-refractivity contribution is 7.98. The van der Waals surface area contributed by atoms with Crippen molar-refractivity contribution in [3.05, 3.63) is 12.4 Å². The Morgan fingerprint density at radius 1 is 1.41 bits per heavy atom. The number of ether oxygens (including phenoxy) is 1. The fourth-order valence-electron chi connectivity index (χ4n) is 1.40. The van der Waals surface area contributed by atoms with E-state index < -0.39 is 0 Å². The molecule has 0 saturated heterocycles. The lowest BCUT2D eigenvalue weighted by atomic mass is 10.2. The van der Waals surface area contributed by atoms with Crippen molar-refractivity contribution < 1.29 is 4.74 Å². The normalized spacial score (nSPS) is 12.5. The highest BCUT2D eigenvalue weighted by Gasteiger charge is 2.07. The van der Waals surface area contributed by atoms with Gasteiger partial charge in [0, 0.05) is 17.9 Å². The third-order valence-corrected chi connectivity index (χ3v) is 2.95. The van der Waals surface area contributed by atoms with Crippen LogP contribution in [0.25, 0.3) is 0 Å². The zero-order valence-electron chi connectivity index (χ0n) is 10.9. The summed E-state index contributed by atoms with van der Waals surface area (Å²) in [5.41, 5.74) is 0. The molecule has 0 fully saturated rings. The van der Waals surface area contributed by atoms with E-state index in [4.69, 9.17) is 4.74 Å². The molecular formula is C12H21N3OS. The number of rotatable bonds is 7. The fourth-order valence-corrected chi connectivity index (χ4v) is 2.12. The molecule has 1 aromatic heterocycles. The monoisotopic (exact) mass is 255 g/mol. The van der Waals surface area contributed by atoms with Crippen LogP contribution in [0.4, 0.5) is 5.82 Å². The molecule has 17 heavy (non-hydrogen) atoms. The molecule has 0 aliphatic rings. The first-order chi connectivity index (χ1) is 8.15. The van der Waals surface area contributed by atoms with E-state index in [2.05, 4.69) is 28.5 Å². The number of hydrogen-bond donors (Lipinski definition) is 1. The molecule has 1 atom stereocenters. The van der Waals surface area contributed by atoms with Crippen LogP contribution in [-0.4, -0.2) is 34.1 Å². The average Bonchev–Trinajstić information content (AvgIpc) is 2.28. The molecule has 0 aromatic carbocycles. The SMILES string of the molecule is CCC(CSC)Nc1cc(OC(C)C)ncn1. The van der Waals surface area contributed by atoms with Crippen LogP contribution < -0.4 is 10.1 Å². The van der Waals surface area contributed by atoms with E-state index >= 15 is 0 Å². The van der Waals surface area contributed by atoms with E-state index in [0.29, 0.717) is 11.9 Å². The molecule has 1 aromatic rings. The molecule has 96 valence electrons. The predicted octanol–water partition coefficient (Wildman–Crippen LogP) is 2.82. The zero-order chi connectivity index (χ0) is 12.7. The number of aromatic nitrogens is 2. The van der Waals surface area contributed by atoms with Crippen molar-refractivity contribution >= 4 is 17.6 Å². The van der Waals surface area contributed by atoms with Crippen LogP contribution >= 0.6 is 11.8 Å². The van der Waals surface area contributed by atoms with Crippen LogP contribution in [0.1, 0.15) is 27.2 Å². The summed E-state index contributed by atoms with van der Waals surface area (Å²) in [6, 6.07) is 2.29. The summed E-state index contributed by atoms with van der Waals surface area (Å²) < 4.78 is 5.53. The van der Waals surface area contributed by atoms with Gasteiger partial charge in [0.25, 0.3) is 0 Å². The Bertz CT molecular complexity index is 333. The fraction of sp³-hybridized carbons (Fsp3) is 0.667. The second kappa shape index (κ2) is 7.37. The second-order valence-corrected chi connectivity index (χ2v) is 5.02. The minimum absolute atomic E-state index is 0.130. The summed E-state index contributed by atoms with van der Waals surface area (Å²) >= 11 is 1.83.